The number of aromatic amines is 1. The molecule has 0 atom stereocenters. The second-order valence-electron chi connectivity index (χ2n) is 6.37. The molecule has 0 radical (unpaired) electrons. The van der Waals surface area contributed by atoms with Gasteiger partial charge in [-0.2, -0.15) is 5.10 Å². The van der Waals surface area contributed by atoms with Crippen molar-refractivity contribution in [3.63, 3.8) is 0 Å². The number of aromatic nitrogens is 4. The molecule has 0 spiro atoms. The predicted octanol–water partition coefficient (Wildman–Crippen LogP) is 4.44. The summed E-state index contributed by atoms with van der Waals surface area (Å²) < 4.78 is 3.04. The lowest BCUT2D eigenvalue weighted by atomic mass is 10.2. The Bertz CT molecular complexity index is 1130. The number of aryl methyl sites for hydroxylation is 1. The van der Waals surface area contributed by atoms with Crippen LogP contribution in [0.1, 0.15) is 11.5 Å². The van der Waals surface area contributed by atoms with E-state index in [1.807, 2.05) is 66.9 Å². The van der Waals surface area contributed by atoms with Crippen LogP contribution in [0.5, 0.6) is 0 Å². The molecule has 27 heavy (non-hydrogen) atoms. The fourth-order valence-corrected chi connectivity index (χ4v) is 3.66. The quantitative estimate of drug-likeness (QED) is 0.509. The van der Waals surface area contributed by atoms with Crippen LogP contribution in [0.15, 0.2) is 53.0 Å². The van der Waals surface area contributed by atoms with Gasteiger partial charge in [-0.3, -0.25) is 9.89 Å². The Hall–Kier alpha value is -2.93. The molecule has 4 rings (SSSR count). The van der Waals surface area contributed by atoms with E-state index < -0.39 is 0 Å². The first-order valence-corrected chi connectivity index (χ1v) is 9.35. The maximum absolute atomic E-state index is 12.6. The molecule has 6 nitrogen and oxygen atoms in total. The maximum atomic E-state index is 12.6. The first-order chi connectivity index (χ1) is 13.0. The Balaban J connectivity index is 1.51. The zero-order chi connectivity index (χ0) is 19.0. The fourth-order valence-electron chi connectivity index (χ4n) is 3.11. The number of nitrogens with zero attached hydrogens (tertiary/aromatic N) is 3. The second-order valence-corrected chi connectivity index (χ2v) is 7.17. The summed E-state index contributed by atoms with van der Waals surface area (Å²) in [4.78, 5) is 16.9. The average molecular weight is 424 g/mol. The van der Waals surface area contributed by atoms with Gasteiger partial charge in [-0.15, -0.1) is 0 Å². The minimum atomic E-state index is -0.0761. The van der Waals surface area contributed by atoms with Crippen molar-refractivity contribution in [1.29, 1.82) is 0 Å². The molecule has 2 aromatic heterocycles. The van der Waals surface area contributed by atoms with E-state index in [-0.39, 0.29) is 12.5 Å². The first-order valence-electron chi connectivity index (χ1n) is 8.55. The third kappa shape index (κ3) is 3.38. The first kappa shape index (κ1) is 17.5. The van der Waals surface area contributed by atoms with E-state index >= 15 is 0 Å². The normalized spacial score (nSPS) is 11.1. The van der Waals surface area contributed by atoms with Gasteiger partial charge in [0.2, 0.25) is 5.91 Å². The Kier molecular flexibility index (Phi) is 4.53. The highest BCUT2D eigenvalue weighted by Gasteiger charge is 2.14. The van der Waals surface area contributed by atoms with Gasteiger partial charge in [-0.1, -0.05) is 18.2 Å². The van der Waals surface area contributed by atoms with Crippen LogP contribution in [0.3, 0.4) is 0 Å². The fraction of sp³-hybridized carbons (Fsp3) is 0.150. The van der Waals surface area contributed by atoms with E-state index in [9.17, 15) is 4.79 Å². The van der Waals surface area contributed by atoms with E-state index in [0.717, 1.165) is 38.1 Å². The standard InChI is InChI=1S/C20H18BrN5O/c1-12-19(21)16-5-3-4-6-17(16)26(12)11-18(27)23-15-9-7-14(8-10-15)20-22-13(2)24-25-20/h3-10H,11H2,1-2H3,(H,23,27)(H,22,24,25). The molecule has 2 N–H and O–H groups in total. The molecular formula is C20H18BrN5O. The third-order valence-corrected chi connectivity index (χ3v) is 5.48. The van der Waals surface area contributed by atoms with Crippen LogP contribution in [0.25, 0.3) is 22.3 Å². The summed E-state index contributed by atoms with van der Waals surface area (Å²) in [5.74, 6) is 1.33. The van der Waals surface area contributed by atoms with Crippen molar-refractivity contribution in [3.8, 4) is 11.4 Å². The Morgan fingerprint density at radius 1 is 1.15 bits per heavy atom. The molecule has 0 aliphatic rings. The molecule has 0 bridgehead atoms. The summed E-state index contributed by atoms with van der Waals surface area (Å²) in [5, 5.41) is 11.0. The minimum Gasteiger partial charge on any atom is -0.334 e. The van der Waals surface area contributed by atoms with Crippen LogP contribution >= 0.6 is 15.9 Å². The molecule has 2 heterocycles. The zero-order valence-corrected chi connectivity index (χ0v) is 16.5. The van der Waals surface area contributed by atoms with E-state index in [0.29, 0.717) is 5.82 Å². The van der Waals surface area contributed by atoms with Crippen LogP contribution in [0.4, 0.5) is 5.69 Å². The molecule has 0 unspecified atom stereocenters. The third-order valence-electron chi connectivity index (χ3n) is 4.48. The minimum absolute atomic E-state index is 0.0761. The van der Waals surface area contributed by atoms with Gasteiger partial charge in [0.15, 0.2) is 5.82 Å². The lowest BCUT2D eigenvalue weighted by Crippen LogP contribution is -2.19. The van der Waals surface area contributed by atoms with Gasteiger partial charge in [-0.25, -0.2) is 4.98 Å². The Labute approximate surface area is 164 Å². The molecule has 4 aromatic rings. The van der Waals surface area contributed by atoms with Crippen LogP contribution in [-0.4, -0.2) is 25.7 Å². The number of carbonyl (C=O) groups excluding carboxylic acids is 1. The number of carbonyl (C=O) groups is 1. The summed E-state index contributed by atoms with van der Waals surface area (Å²) in [6.07, 6.45) is 0. The van der Waals surface area contributed by atoms with Crippen molar-refractivity contribution in [1.82, 2.24) is 19.7 Å². The number of nitrogens with one attached hydrogen (secondary N) is 2. The number of benzene rings is 2. The number of fused-ring (bicyclic) bond motifs is 1. The smallest absolute Gasteiger partial charge is 0.244 e. The van der Waals surface area contributed by atoms with Gasteiger partial charge < -0.3 is 9.88 Å². The number of para-hydroxylation sites is 1. The summed E-state index contributed by atoms with van der Waals surface area (Å²) in [5.41, 5.74) is 3.70. The van der Waals surface area contributed by atoms with Crippen molar-refractivity contribution in [2.75, 3.05) is 5.32 Å². The van der Waals surface area contributed by atoms with Gasteiger partial charge in [-0.05, 0) is 60.1 Å². The lowest BCUT2D eigenvalue weighted by molar-refractivity contribution is -0.116. The number of hydrogen-bond acceptors (Lipinski definition) is 3. The monoisotopic (exact) mass is 423 g/mol. The SMILES string of the molecule is Cc1nc(-c2ccc(NC(=O)Cn3c(C)c(Br)c4ccccc43)cc2)n[nH]1. The largest absolute Gasteiger partial charge is 0.334 e. The molecule has 0 saturated carbocycles. The van der Waals surface area contributed by atoms with Crippen LogP contribution in [0, 0.1) is 13.8 Å². The molecule has 0 saturated heterocycles. The molecule has 136 valence electrons. The number of rotatable bonds is 4. The van der Waals surface area contributed by atoms with E-state index in [1.54, 1.807) is 0 Å². The van der Waals surface area contributed by atoms with Crippen molar-refractivity contribution in [2.24, 2.45) is 0 Å². The second kappa shape index (κ2) is 7.00. The van der Waals surface area contributed by atoms with Gasteiger partial charge in [0.25, 0.3) is 0 Å². The van der Waals surface area contributed by atoms with Crippen molar-refractivity contribution < 1.29 is 4.79 Å². The number of anilines is 1. The summed E-state index contributed by atoms with van der Waals surface area (Å²) >= 11 is 3.62. The highest BCUT2D eigenvalue weighted by atomic mass is 79.9. The summed E-state index contributed by atoms with van der Waals surface area (Å²) in [6.45, 7) is 4.11. The van der Waals surface area contributed by atoms with E-state index in [1.165, 1.54) is 0 Å². The average Bonchev–Trinajstić information content (AvgIpc) is 3.20. The Morgan fingerprint density at radius 3 is 2.59 bits per heavy atom. The molecule has 0 aliphatic carbocycles. The van der Waals surface area contributed by atoms with Gasteiger partial charge in [0.05, 0.1) is 0 Å². The number of H-pyrrole nitrogens is 1. The highest BCUT2D eigenvalue weighted by Crippen LogP contribution is 2.30. The van der Waals surface area contributed by atoms with Crippen molar-refractivity contribution in [3.05, 3.63) is 64.5 Å². The van der Waals surface area contributed by atoms with Gasteiger partial charge >= 0.3 is 0 Å². The van der Waals surface area contributed by atoms with E-state index in [4.69, 9.17) is 0 Å². The lowest BCUT2D eigenvalue weighted by Gasteiger charge is -2.10. The molecule has 2 aromatic carbocycles. The molecule has 0 aliphatic heterocycles. The summed E-state index contributed by atoms with van der Waals surface area (Å²) in [6, 6.07) is 15.5. The molecule has 1 amide bonds. The van der Waals surface area contributed by atoms with Crippen molar-refractivity contribution in [2.45, 2.75) is 20.4 Å². The van der Waals surface area contributed by atoms with Gasteiger partial charge in [0, 0.05) is 32.3 Å². The Morgan fingerprint density at radius 2 is 1.89 bits per heavy atom. The number of halogens is 1. The maximum Gasteiger partial charge on any atom is 0.244 e. The molecule has 7 heteroatoms. The topological polar surface area (TPSA) is 75.6 Å². The highest BCUT2D eigenvalue weighted by molar-refractivity contribution is 9.10. The molecule has 0 fully saturated rings. The van der Waals surface area contributed by atoms with Crippen LogP contribution < -0.4 is 5.32 Å². The number of amides is 1. The van der Waals surface area contributed by atoms with Crippen LogP contribution in [-0.2, 0) is 11.3 Å². The number of hydrogen-bond donors (Lipinski definition) is 2. The predicted molar refractivity (Wildman–Crippen MR) is 110 cm³/mol. The van der Waals surface area contributed by atoms with Crippen LogP contribution in [0.2, 0.25) is 0 Å². The van der Waals surface area contributed by atoms with Gasteiger partial charge in [0.1, 0.15) is 12.4 Å². The van der Waals surface area contributed by atoms with Crippen molar-refractivity contribution >= 4 is 38.4 Å². The van der Waals surface area contributed by atoms with E-state index in [2.05, 4.69) is 36.4 Å². The summed E-state index contributed by atoms with van der Waals surface area (Å²) in [7, 11) is 0. The zero-order valence-electron chi connectivity index (χ0n) is 15.0. The molecular weight excluding hydrogens is 406 g/mol.